The van der Waals surface area contributed by atoms with E-state index < -0.39 is 0 Å². The van der Waals surface area contributed by atoms with E-state index in [9.17, 15) is 4.79 Å². The van der Waals surface area contributed by atoms with Crippen LogP contribution in [0.1, 0.15) is 37.3 Å². The third kappa shape index (κ3) is 3.96. The Morgan fingerprint density at radius 1 is 1.26 bits per heavy atom. The fraction of sp³-hybridized carbons (Fsp3) is 0.611. The Labute approximate surface area is 138 Å². The lowest BCUT2D eigenvalue weighted by Crippen LogP contribution is -2.45. The Balaban J connectivity index is 2.22. The SMILES string of the molecule is CCOC(=O)[C@@H]1CCCCN1Cc1ccc(OC)c(C)c1OC. The molecule has 1 saturated heterocycles. The summed E-state index contributed by atoms with van der Waals surface area (Å²) in [4.78, 5) is 14.4. The Morgan fingerprint density at radius 2 is 2.04 bits per heavy atom. The number of rotatable bonds is 6. The first-order chi connectivity index (χ1) is 11.1. The van der Waals surface area contributed by atoms with Crippen molar-refractivity contribution in [3.05, 3.63) is 23.3 Å². The van der Waals surface area contributed by atoms with Gasteiger partial charge >= 0.3 is 5.97 Å². The lowest BCUT2D eigenvalue weighted by atomic mass is 10.00. The number of likely N-dealkylation sites (tertiary alicyclic amines) is 1. The summed E-state index contributed by atoms with van der Waals surface area (Å²) in [7, 11) is 3.33. The summed E-state index contributed by atoms with van der Waals surface area (Å²) in [5.74, 6) is 1.53. The second-order valence-corrected chi connectivity index (χ2v) is 5.82. The minimum absolute atomic E-state index is 0.114. The molecule has 0 spiro atoms. The summed E-state index contributed by atoms with van der Waals surface area (Å²) in [5, 5.41) is 0. The molecular formula is C18H27NO4. The van der Waals surface area contributed by atoms with Crippen LogP contribution >= 0.6 is 0 Å². The molecule has 0 saturated carbocycles. The highest BCUT2D eigenvalue weighted by molar-refractivity contribution is 5.75. The lowest BCUT2D eigenvalue weighted by Gasteiger charge is -2.34. The molecule has 1 fully saturated rings. The first kappa shape index (κ1) is 17.6. The fourth-order valence-electron chi connectivity index (χ4n) is 3.26. The molecule has 1 heterocycles. The molecule has 0 N–H and O–H groups in total. The highest BCUT2D eigenvalue weighted by atomic mass is 16.5. The second kappa shape index (κ2) is 8.20. The van der Waals surface area contributed by atoms with Crippen molar-refractivity contribution in [1.29, 1.82) is 0 Å². The molecule has 23 heavy (non-hydrogen) atoms. The van der Waals surface area contributed by atoms with Crippen LogP contribution in [0.5, 0.6) is 11.5 Å². The number of hydrogen-bond acceptors (Lipinski definition) is 5. The van der Waals surface area contributed by atoms with Crippen LogP contribution in [0.15, 0.2) is 12.1 Å². The molecule has 0 bridgehead atoms. The first-order valence-corrected chi connectivity index (χ1v) is 8.23. The van der Waals surface area contributed by atoms with Crippen LogP contribution in [-0.2, 0) is 16.1 Å². The molecule has 1 aromatic carbocycles. The Hall–Kier alpha value is -1.75. The van der Waals surface area contributed by atoms with Gasteiger partial charge in [0.25, 0.3) is 0 Å². The van der Waals surface area contributed by atoms with Crippen LogP contribution in [0.25, 0.3) is 0 Å². The first-order valence-electron chi connectivity index (χ1n) is 8.23. The van der Waals surface area contributed by atoms with Crippen molar-refractivity contribution in [2.24, 2.45) is 0 Å². The summed E-state index contributed by atoms with van der Waals surface area (Å²) in [6.45, 7) is 5.84. The number of hydrogen-bond donors (Lipinski definition) is 0. The van der Waals surface area contributed by atoms with E-state index in [1.807, 2.05) is 26.0 Å². The van der Waals surface area contributed by atoms with Gasteiger partial charge in [-0.15, -0.1) is 0 Å². The summed E-state index contributed by atoms with van der Waals surface area (Å²) in [6, 6.07) is 3.81. The van der Waals surface area contributed by atoms with Crippen molar-refractivity contribution in [2.75, 3.05) is 27.4 Å². The number of methoxy groups -OCH3 is 2. The van der Waals surface area contributed by atoms with Crippen LogP contribution in [-0.4, -0.2) is 44.3 Å². The maximum atomic E-state index is 12.2. The third-order valence-electron chi connectivity index (χ3n) is 4.41. The van der Waals surface area contributed by atoms with Crippen LogP contribution in [0.4, 0.5) is 0 Å². The van der Waals surface area contributed by atoms with E-state index in [2.05, 4.69) is 4.90 Å². The number of ether oxygens (including phenoxy) is 3. The summed E-state index contributed by atoms with van der Waals surface area (Å²) in [6.07, 6.45) is 3.03. The van der Waals surface area contributed by atoms with Gasteiger partial charge in [-0.1, -0.05) is 12.5 Å². The Morgan fingerprint density at radius 3 is 2.70 bits per heavy atom. The van der Waals surface area contributed by atoms with Crippen molar-refractivity contribution in [1.82, 2.24) is 4.90 Å². The predicted molar refractivity (Wildman–Crippen MR) is 89.0 cm³/mol. The largest absolute Gasteiger partial charge is 0.496 e. The van der Waals surface area contributed by atoms with E-state index >= 15 is 0 Å². The topological polar surface area (TPSA) is 48.0 Å². The van der Waals surface area contributed by atoms with Crippen LogP contribution in [0.2, 0.25) is 0 Å². The van der Waals surface area contributed by atoms with Crippen molar-refractivity contribution in [3.8, 4) is 11.5 Å². The molecule has 1 aromatic rings. The molecular weight excluding hydrogens is 294 g/mol. The van der Waals surface area contributed by atoms with Gasteiger partial charge < -0.3 is 14.2 Å². The molecule has 5 heteroatoms. The van der Waals surface area contributed by atoms with Crippen molar-refractivity contribution >= 4 is 5.97 Å². The molecule has 0 aliphatic carbocycles. The maximum absolute atomic E-state index is 12.2. The average Bonchev–Trinajstić information content (AvgIpc) is 2.56. The molecule has 1 atom stereocenters. The maximum Gasteiger partial charge on any atom is 0.323 e. The second-order valence-electron chi connectivity index (χ2n) is 5.82. The highest BCUT2D eigenvalue weighted by Gasteiger charge is 2.30. The van der Waals surface area contributed by atoms with Gasteiger partial charge in [-0.05, 0) is 39.3 Å². The Kier molecular flexibility index (Phi) is 6.28. The molecule has 0 radical (unpaired) electrons. The van der Waals surface area contributed by atoms with E-state index in [0.717, 1.165) is 48.4 Å². The smallest absolute Gasteiger partial charge is 0.323 e. The number of nitrogens with zero attached hydrogens (tertiary/aromatic N) is 1. The molecule has 0 unspecified atom stereocenters. The quantitative estimate of drug-likeness (QED) is 0.754. The third-order valence-corrected chi connectivity index (χ3v) is 4.41. The van der Waals surface area contributed by atoms with Crippen molar-refractivity contribution < 1.29 is 19.0 Å². The van der Waals surface area contributed by atoms with E-state index in [1.54, 1.807) is 14.2 Å². The average molecular weight is 321 g/mol. The summed E-state index contributed by atoms with van der Waals surface area (Å²) >= 11 is 0. The predicted octanol–water partition coefficient (Wildman–Crippen LogP) is 2.93. The van der Waals surface area contributed by atoms with Gasteiger partial charge in [0.1, 0.15) is 17.5 Å². The molecule has 128 valence electrons. The van der Waals surface area contributed by atoms with Crippen molar-refractivity contribution in [3.63, 3.8) is 0 Å². The molecule has 1 aliphatic rings. The number of benzene rings is 1. The van der Waals surface area contributed by atoms with Crippen LogP contribution in [0.3, 0.4) is 0 Å². The zero-order valence-corrected chi connectivity index (χ0v) is 14.6. The van der Waals surface area contributed by atoms with Gasteiger partial charge in [0.2, 0.25) is 0 Å². The molecule has 2 rings (SSSR count). The molecule has 0 amide bonds. The van der Waals surface area contributed by atoms with Gasteiger partial charge in [-0.25, -0.2) is 0 Å². The van der Waals surface area contributed by atoms with Gasteiger partial charge in [0.15, 0.2) is 0 Å². The van der Waals surface area contributed by atoms with E-state index in [4.69, 9.17) is 14.2 Å². The number of carbonyl (C=O) groups is 1. The highest BCUT2D eigenvalue weighted by Crippen LogP contribution is 2.33. The van der Waals surface area contributed by atoms with Crippen LogP contribution < -0.4 is 9.47 Å². The van der Waals surface area contributed by atoms with Gasteiger partial charge in [0.05, 0.1) is 20.8 Å². The fourth-order valence-corrected chi connectivity index (χ4v) is 3.26. The summed E-state index contributed by atoms with van der Waals surface area (Å²) in [5.41, 5.74) is 2.05. The monoisotopic (exact) mass is 321 g/mol. The van der Waals surface area contributed by atoms with Gasteiger partial charge in [-0.3, -0.25) is 9.69 Å². The van der Waals surface area contributed by atoms with Gasteiger partial charge in [0, 0.05) is 17.7 Å². The molecule has 0 aromatic heterocycles. The Bertz CT molecular complexity index is 544. The number of esters is 1. The minimum Gasteiger partial charge on any atom is -0.496 e. The molecule has 5 nitrogen and oxygen atoms in total. The van der Waals surface area contributed by atoms with E-state index in [0.29, 0.717) is 13.2 Å². The van der Waals surface area contributed by atoms with E-state index in [1.165, 1.54) is 0 Å². The minimum atomic E-state index is -0.157. The van der Waals surface area contributed by atoms with Crippen molar-refractivity contribution in [2.45, 2.75) is 45.7 Å². The summed E-state index contributed by atoms with van der Waals surface area (Å²) < 4.78 is 16.2. The van der Waals surface area contributed by atoms with E-state index in [-0.39, 0.29) is 12.0 Å². The zero-order valence-electron chi connectivity index (χ0n) is 14.6. The lowest BCUT2D eigenvalue weighted by molar-refractivity contribution is -0.151. The standard InChI is InChI=1S/C18H27NO4/c1-5-23-18(20)15-8-6-7-11-19(15)12-14-9-10-16(21-3)13(2)17(14)22-4/h9-10,15H,5-8,11-12H2,1-4H3/t15-/m0/s1. The number of carbonyl (C=O) groups excluding carboxylic acids is 1. The van der Waals surface area contributed by atoms with Crippen LogP contribution in [0, 0.1) is 6.92 Å². The molecule has 1 aliphatic heterocycles. The normalized spacial score (nSPS) is 18.5. The zero-order chi connectivity index (χ0) is 16.8. The van der Waals surface area contributed by atoms with Gasteiger partial charge in [-0.2, -0.15) is 0 Å². The number of piperidine rings is 1.